The lowest BCUT2D eigenvalue weighted by Crippen LogP contribution is -2.14. The third-order valence-corrected chi connectivity index (χ3v) is 4.98. The molecule has 26 heavy (non-hydrogen) atoms. The van der Waals surface area contributed by atoms with Crippen LogP contribution < -0.4 is 10.0 Å². The number of para-hydroxylation sites is 3. The maximum atomic E-state index is 12.6. The third kappa shape index (κ3) is 4.01. The van der Waals surface area contributed by atoms with Gasteiger partial charge in [0.15, 0.2) is 0 Å². The zero-order valence-electron chi connectivity index (χ0n) is 13.6. The van der Waals surface area contributed by atoms with Crippen LogP contribution >= 0.6 is 0 Å². The first-order valence-corrected chi connectivity index (χ1v) is 9.21. The standard InChI is InChI=1S/C19H16N2O4S/c22-19(23)14-7-6-10-16(13-14)26(24,25)21-18-12-5-4-11-17(18)20-15-8-2-1-3-9-15/h1-13,20-21H,(H,22,23). The highest BCUT2D eigenvalue weighted by molar-refractivity contribution is 7.92. The van der Waals surface area contributed by atoms with Crippen LogP contribution in [-0.4, -0.2) is 19.5 Å². The van der Waals surface area contributed by atoms with Crippen molar-refractivity contribution in [2.24, 2.45) is 0 Å². The molecule has 0 unspecified atom stereocenters. The maximum Gasteiger partial charge on any atom is 0.335 e. The normalized spacial score (nSPS) is 10.9. The quantitative estimate of drug-likeness (QED) is 0.613. The van der Waals surface area contributed by atoms with Gasteiger partial charge in [-0.25, -0.2) is 13.2 Å². The van der Waals surface area contributed by atoms with Crippen molar-refractivity contribution in [3.8, 4) is 0 Å². The Balaban J connectivity index is 1.91. The Morgan fingerprint density at radius 1 is 0.808 bits per heavy atom. The van der Waals surface area contributed by atoms with Crippen LogP contribution in [0.1, 0.15) is 10.4 Å². The smallest absolute Gasteiger partial charge is 0.335 e. The molecule has 0 atom stereocenters. The number of anilines is 3. The zero-order chi connectivity index (χ0) is 18.6. The first-order chi connectivity index (χ1) is 12.5. The zero-order valence-corrected chi connectivity index (χ0v) is 14.4. The molecule has 0 aromatic heterocycles. The Morgan fingerprint density at radius 3 is 2.15 bits per heavy atom. The lowest BCUT2D eigenvalue weighted by atomic mass is 10.2. The largest absolute Gasteiger partial charge is 0.478 e. The number of sulfonamides is 1. The monoisotopic (exact) mass is 368 g/mol. The number of aromatic carboxylic acids is 1. The fraction of sp³-hybridized carbons (Fsp3) is 0. The van der Waals surface area contributed by atoms with Gasteiger partial charge in [0.2, 0.25) is 0 Å². The molecule has 0 aliphatic rings. The summed E-state index contributed by atoms with van der Waals surface area (Å²) >= 11 is 0. The van der Waals surface area contributed by atoms with E-state index in [9.17, 15) is 13.2 Å². The van der Waals surface area contributed by atoms with Crippen molar-refractivity contribution in [1.29, 1.82) is 0 Å². The Hall–Kier alpha value is -3.32. The van der Waals surface area contributed by atoms with E-state index >= 15 is 0 Å². The minimum absolute atomic E-state index is 0.0939. The van der Waals surface area contributed by atoms with Gasteiger partial charge in [-0.05, 0) is 42.5 Å². The number of hydrogen-bond donors (Lipinski definition) is 3. The number of benzene rings is 3. The van der Waals surface area contributed by atoms with Gasteiger partial charge in [0.25, 0.3) is 10.0 Å². The highest BCUT2D eigenvalue weighted by atomic mass is 32.2. The second kappa shape index (κ2) is 7.28. The number of rotatable bonds is 6. The molecule has 132 valence electrons. The molecule has 3 aromatic carbocycles. The summed E-state index contributed by atoms with van der Waals surface area (Å²) in [5.41, 5.74) is 1.66. The highest BCUT2D eigenvalue weighted by Crippen LogP contribution is 2.27. The molecule has 3 N–H and O–H groups in total. The summed E-state index contributed by atoms with van der Waals surface area (Å²) in [5, 5.41) is 12.2. The molecule has 3 aromatic rings. The first-order valence-electron chi connectivity index (χ1n) is 7.73. The second-order valence-corrected chi connectivity index (χ2v) is 7.16. The van der Waals surface area contributed by atoms with Crippen LogP contribution in [0, 0.1) is 0 Å². The number of carboxylic acid groups (broad SMARTS) is 1. The summed E-state index contributed by atoms with van der Waals surface area (Å²) in [6.45, 7) is 0. The summed E-state index contributed by atoms with van der Waals surface area (Å²) in [7, 11) is -3.94. The van der Waals surface area contributed by atoms with Crippen LogP contribution in [0.25, 0.3) is 0 Å². The average Bonchev–Trinajstić information content (AvgIpc) is 2.64. The van der Waals surface area contributed by atoms with Crippen LogP contribution in [0.4, 0.5) is 17.1 Å². The van der Waals surface area contributed by atoms with Gasteiger partial charge in [0.1, 0.15) is 0 Å². The van der Waals surface area contributed by atoms with Crippen molar-refractivity contribution in [1.82, 2.24) is 0 Å². The molecule has 0 fully saturated rings. The molecule has 0 spiro atoms. The second-order valence-electron chi connectivity index (χ2n) is 5.48. The van der Waals surface area contributed by atoms with Gasteiger partial charge in [-0.3, -0.25) is 4.72 Å². The molecule has 6 nitrogen and oxygen atoms in total. The van der Waals surface area contributed by atoms with Gasteiger partial charge >= 0.3 is 5.97 Å². The van der Waals surface area contributed by atoms with E-state index in [1.54, 1.807) is 24.3 Å². The summed E-state index contributed by atoms with van der Waals surface area (Å²) in [6, 6.07) is 21.4. The fourth-order valence-electron chi connectivity index (χ4n) is 2.36. The molecule has 0 amide bonds. The number of nitrogens with one attached hydrogen (secondary N) is 2. The van der Waals surface area contributed by atoms with E-state index in [1.807, 2.05) is 30.3 Å². The van der Waals surface area contributed by atoms with E-state index in [0.717, 1.165) is 11.8 Å². The molecule has 7 heteroatoms. The number of carbonyl (C=O) groups is 1. The van der Waals surface area contributed by atoms with Gasteiger partial charge < -0.3 is 10.4 Å². The van der Waals surface area contributed by atoms with Crippen LogP contribution in [0.2, 0.25) is 0 Å². The van der Waals surface area contributed by atoms with Gasteiger partial charge in [-0.15, -0.1) is 0 Å². The third-order valence-electron chi connectivity index (χ3n) is 3.62. The molecule has 0 saturated carbocycles. The molecular formula is C19H16N2O4S. The minimum Gasteiger partial charge on any atom is -0.478 e. The van der Waals surface area contributed by atoms with Crippen LogP contribution in [0.5, 0.6) is 0 Å². The molecule has 0 aliphatic carbocycles. The van der Waals surface area contributed by atoms with Crippen molar-refractivity contribution in [3.63, 3.8) is 0 Å². The lowest BCUT2D eigenvalue weighted by Gasteiger charge is -2.14. The Kier molecular flexibility index (Phi) is 4.90. The predicted molar refractivity (Wildman–Crippen MR) is 100 cm³/mol. The van der Waals surface area contributed by atoms with E-state index < -0.39 is 16.0 Å². The van der Waals surface area contributed by atoms with Gasteiger partial charge in [-0.1, -0.05) is 36.4 Å². The Morgan fingerprint density at radius 2 is 1.46 bits per heavy atom. The molecule has 3 rings (SSSR count). The molecule has 0 radical (unpaired) electrons. The van der Waals surface area contributed by atoms with Crippen molar-refractivity contribution in [2.45, 2.75) is 4.90 Å². The summed E-state index contributed by atoms with van der Waals surface area (Å²) in [4.78, 5) is 11.0. The fourth-order valence-corrected chi connectivity index (χ4v) is 3.48. The van der Waals surface area contributed by atoms with Crippen molar-refractivity contribution in [2.75, 3.05) is 10.0 Å². The van der Waals surface area contributed by atoms with Crippen molar-refractivity contribution >= 4 is 33.1 Å². The molecule has 0 aliphatic heterocycles. The van der Waals surface area contributed by atoms with E-state index in [0.29, 0.717) is 11.4 Å². The van der Waals surface area contributed by atoms with E-state index in [1.165, 1.54) is 18.2 Å². The number of hydrogen-bond acceptors (Lipinski definition) is 4. The van der Waals surface area contributed by atoms with Gasteiger partial charge in [-0.2, -0.15) is 0 Å². The molecular weight excluding hydrogens is 352 g/mol. The highest BCUT2D eigenvalue weighted by Gasteiger charge is 2.17. The van der Waals surface area contributed by atoms with Gasteiger partial charge in [0.05, 0.1) is 21.8 Å². The Bertz CT molecular complexity index is 1030. The predicted octanol–water partition coefficient (Wildman–Crippen LogP) is 3.93. The minimum atomic E-state index is -3.94. The molecule has 0 heterocycles. The van der Waals surface area contributed by atoms with Crippen molar-refractivity contribution < 1.29 is 18.3 Å². The lowest BCUT2D eigenvalue weighted by molar-refractivity contribution is 0.0696. The maximum absolute atomic E-state index is 12.6. The van der Waals surface area contributed by atoms with Crippen LogP contribution in [0.3, 0.4) is 0 Å². The van der Waals surface area contributed by atoms with Crippen LogP contribution in [-0.2, 0) is 10.0 Å². The van der Waals surface area contributed by atoms with Crippen LogP contribution in [0.15, 0.2) is 83.8 Å². The van der Waals surface area contributed by atoms with E-state index in [4.69, 9.17) is 5.11 Å². The topological polar surface area (TPSA) is 95.5 Å². The first kappa shape index (κ1) is 17.5. The summed E-state index contributed by atoms with van der Waals surface area (Å²) < 4.78 is 27.8. The summed E-state index contributed by atoms with van der Waals surface area (Å²) in [5.74, 6) is -1.19. The SMILES string of the molecule is O=C(O)c1cccc(S(=O)(=O)Nc2ccccc2Nc2ccccc2)c1. The van der Waals surface area contributed by atoms with Gasteiger partial charge in [0, 0.05) is 5.69 Å². The Labute approximate surface area is 151 Å². The van der Waals surface area contributed by atoms with Crippen molar-refractivity contribution in [3.05, 3.63) is 84.4 Å². The molecule has 0 bridgehead atoms. The van der Waals surface area contributed by atoms with E-state index in [-0.39, 0.29) is 10.5 Å². The molecule has 0 saturated heterocycles. The summed E-state index contributed by atoms with van der Waals surface area (Å²) in [6.07, 6.45) is 0. The van der Waals surface area contributed by atoms with E-state index in [2.05, 4.69) is 10.0 Å². The number of carboxylic acids is 1. The average molecular weight is 368 g/mol.